The number of para-hydroxylation sites is 1. The average Bonchev–Trinajstić information content (AvgIpc) is 3.62. The van der Waals surface area contributed by atoms with Gasteiger partial charge in [-0.05, 0) is 47.0 Å². The predicted octanol–water partition coefficient (Wildman–Crippen LogP) is 11.3. The quantitative estimate of drug-likeness (QED) is 0.183. The van der Waals surface area contributed by atoms with Crippen LogP contribution >= 0.6 is 0 Å². The van der Waals surface area contributed by atoms with Gasteiger partial charge in [0.1, 0.15) is 0 Å². The molecule has 4 nitrogen and oxygen atoms in total. The highest BCUT2D eigenvalue weighted by Crippen LogP contribution is 2.39. The maximum Gasteiger partial charge on any atom is 0.164 e. The van der Waals surface area contributed by atoms with E-state index in [0.717, 1.165) is 16.7 Å². The summed E-state index contributed by atoms with van der Waals surface area (Å²) in [4.78, 5) is 14.7. The summed E-state index contributed by atoms with van der Waals surface area (Å²) in [6.07, 6.45) is 0. The zero-order chi connectivity index (χ0) is 38.7. The van der Waals surface area contributed by atoms with E-state index in [-0.39, 0.29) is 57.6 Å². The Morgan fingerprint density at radius 3 is 1.53 bits per heavy atom. The Morgan fingerprint density at radius 2 is 0.918 bits per heavy atom. The third-order valence-electron chi connectivity index (χ3n) is 8.50. The van der Waals surface area contributed by atoms with Crippen molar-refractivity contribution < 1.29 is 9.60 Å². The van der Waals surface area contributed by atoms with Crippen molar-refractivity contribution in [2.45, 2.75) is 0 Å². The van der Waals surface area contributed by atoms with Gasteiger partial charge in [-0.3, -0.25) is 0 Å². The van der Waals surface area contributed by atoms with Crippen molar-refractivity contribution in [1.82, 2.24) is 19.5 Å². The molecule has 0 N–H and O–H groups in total. The summed E-state index contributed by atoms with van der Waals surface area (Å²) in [5, 5.41) is 0.195. The topological polar surface area (TPSA) is 43.6 Å². The van der Waals surface area contributed by atoms with E-state index in [1.54, 1.807) is 28.8 Å². The molecule has 0 saturated carbocycles. The smallest absolute Gasteiger partial charge is 0.164 e. The normalized spacial score (nSPS) is 13.3. The Bertz CT molecular complexity index is 2920. The first-order valence-electron chi connectivity index (χ1n) is 19.4. The standard InChI is InChI=1S/C45H30N4/c1-5-15-31(16-6-1)35-25-27-38-37-23-13-14-24-40(37)49(42(38)30-35)41-28-26-36(29-39(41)32-17-7-2-8-18-32)45-47-43(33-19-9-3-10-20-33)46-44(48-45)34-21-11-4-12-22-34/h1-30H/i13D,14D,23D,24D,25D,27D,30D. The van der Waals surface area contributed by atoms with Gasteiger partial charge < -0.3 is 4.57 Å². The number of rotatable bonds is 6. The molecular formula is C45H30N4. The molecule has 0 fully saturated rings. The molecule has 2 aromatic heterocycles. The Labute approximate surface area is 294 Å². The minimum Gasteiger partial charge on any atom is -0.309 e. The number of benzene rings is 7. The molecule has 0 aliphatic rings. The van der Waals surface area contributed by atoms with Gasteiger partial charge in [0.15, 0.2) is 17.5 Å². The van der Waals surface area contributed by atoms with Crippen LogP contribution in [-0.4, -0.2) is 19.5 Å². The van der Waals surface area contributed by atoms with Gasteiger partial charge in [0.25, 0.3) is 0 Å². The Morgan fingerprint density at radius 1 is 0.408 bits per heavy atom. The van der Waals surface area contributed by atoms with E-state index in [1.165, 1.54) is 0 Å². The second kappa shape index (κ2) is 12.2. The molecule has 0 aliphatic heterocycles. The number of hydrogen-bond donors (Lipinski definition) is 0. The van der Waals surface area contributed by atoms with Crippen LogP contribution in [0.15, 0.2) is 182 Å². The molecule has 9 aromatic rings. The summed E-state index contributed by atoms with van der Waals surface area (Å²) in [5.41, 5.74) is 5.40. The summed E-state index contributed by atoms with van der Waals surface area (Å²) in [6, 6.07) is 41.6. The fourth-order valence-corrected chi connectivity index (χ4v) is 6.16. The first kappa shape index (κ1) is 22.0. The van der Waals surface area contributed by atoms with E-state index < -0.39 is 12.1 Å². The molecule has 0 atom stereocenters. The molecule has 2 heterocycles. The first-order valence-corrected chi connectivity index (χ1v) is 15.9. The Kier molecular flexibility index (Phi) is 5.47. The van der Waals surface area contributed by atoms with Crippen LogP contribution in [0.3, 0.4) is 0 Å². The van der Waals surface area contributed by atoms with Crippen molar-refractivity contribution in [1.29, 1.82) is 0 Å². The van der Waals surface area contributed by atoms with Crippen LogP contribution in [0.4, 0.5) is 0 Å². The lowest BCUT2D eigenvalue weighted by molar-refractivity contribution is 1.07. The van der Waals surface area contributed by atoms with Gasteiger partial charge in [-0.1, -0.05) is 152 Å². The van der Waals surface area contributed by atoms with Gasteiger partial charge in [-0.2, -0.15) is 0 Å². The van der Waals surface area contributed by atoms with Gasteiger partial charge in [0.2, 0.25) is 0 Å². The predicted molar refractivity (Wildman–Crippen MR) is 201 cm³/mol. The van der Waals surface area contributed by atoms with E-state index in [9.17, 15) is 4.11 Å². The Balaban J connectivity index is 1.39. The second-order valence-corrected chi connectivity index (χ2v) is 11.5. The van der Waals surface area contributed by atoms with Crippen LogP contribution in [0, 0.1) is 0 Å². The molecule has 0 bridgehead atoms. The summed E-state index contributed by atoms with van der Waals surface area (Å²) >= 11 is 0. The van der Waals surface area contributed by atoms with Gasteiger partial charge in [-0.15, -0.1) is 0 Å². The monoisotopic (exact) mass is 633 g/mol. The van der Waals surface area contributed by atoms with E-state index >= 15 is 0 Å². The van der Waals surface area contributed by atoms with Crippen LogP contribution in [0.2, 0.25) is 0 Å². The van der Waals surface area contributed by atoms with E-state index in [1.807, 2.05) is 115 Å². The summed E-state index contributed by atoms with van der Waals surface area (Å²) in [7, 11) is 0. The second-order valence-electron chi connectivity index (χ2n) is 11.5. The minimum absolute atomic E-state index is 0.0687. The molecule has 0 amide bonds. The zero-order valence-electron chi connectivity index (χ0n) is 33.1. The van der Waals surface area contributed by atoms with Crippen molar-refractivity contribution in [2.75, 3.05) is 0 Å². The third-order valence-corrected chi connectivity index (χ3v) is 8.50. The van der Waals surface area contributed by atoms with Crippen LogP contribution in [-0.2, 0) is 0 Å². The molecule has 0 spiro atoms. The largest absolute Gasteiger partial charge is 0.309 e. The molecule has 0 radical (unpaired) electrons. The summed E-state index contributed by atoms with van der Waals surface area (Å²) in [6.45, 7) is 0. The van der Waals surface area contributed by atoms with Gasteiger partial charge in [0.05, 0.1) is 26.3 Å². The SMILES string of the molecule is [2H]c1c([2H])c([2H])c2c(c1[2H])c1c([2H])c([2H])c(-c3ccccc3)c([2H])c1n2-c1ccc(-c2nc(-c3ccccc3)nc(-c3ccccc3)n2)cc1-c1ccccc1. The lowest BCUT2D eigenvalue weighted by atomic mass is 9.99. The van der Waals surface area contributed by atoms with Gasteiger partial charge >= 0.3 is 0 Å². The number of nitrogens with zero attached hydrogens (tertiary/aromatic N) is 4. The van der Waals surface area contributed by atoms with Crippen molar-refractivity contribution in [3.8, 4) is 62.1 Å². The maximum absolute atomic E-state index is 9.68. The highest BCUT2D eigenvalue weighted by Gasteiger charge is 2.19. The van der Waals surface area contributed by atoms with Crippen LogP contribution in [0.1, 0.15) is 9.60 Å². The van der Waals surface area contributed by atoms with Crippen LogP contribution in [0.5, 0.6) is 0 Å². The van der Waals surface area contributed by atoms with Crippen molar-refractivity contribution in [2.24, 2.45) is 0 Å². The molecular weight excluding hydrogens is 597 g/mol. The molecule has 4 heteroatoms. The van der Waals surface area contributed by atoms with Gasteiger partial charge in [0, 0.05) is 33.0 Å². The summed E-state index contributed by atoms with van der Waals surface area (Å²) < 4.78 is 65.3. The molecule has 49 heavy (non-hydrogen) atoms. The summed E-state index contributed by atoms with van der Waals surface area (Å²) in [5.74, 6) is 1.42. The molecule has 0 aliphatic carbocycles. The molecule has 9 rings (SSSR count). The van der Waals surface area contributed by atoms with E-state index in [4.69, 9.17) is 20.4 Å². The molecule has 0 saturated heterocycles. The minimum atomic E-state index is -0.456. The van der Waals surface area contributed by atoms with Crippen molar-refractivity contribution >= 4 is 21.8 Å². The number of fused-ring (bicyclic) bond motifs is 3. The third kappa shape index (κ3) is 5.26. The van der Waals surface area contributed by atoms with Crippen molar-refractivity contribution in [3.63, 3.8) is 0 Å². The van der Waals surface area contributed by atoms with E-state index in [2.05, 4.69) is 0 Å². The first-order chi connectivity index (χ1) is 27.2. The van der Waals surface area contributed by atoms with Crippen LogP contribution < -0.4 is 0 Å². The zero-order valence-corrected chi connectivity index (χ0v) is 26.1. The fraction of sp³-hybridized carbons (Fsp3) is 0. The Hall–Kier alpha value is -6.65. The number of hydrogen-bond acceptors (Lipinski definition) is 3. The highest BCUT2D eigenvalue weighted by molar-refractivity contribution is 6.10. The number of aromatic nitrogens is 4. The van der Waals surface area contributed by atoms with Crippen molar-refractivity contribution in [3.05, 3.63) is 182 Å². The lowest BCUT2D eigenvalue weighted by Crippen LogP contribution is -2.02. The fourth-order valence-electron chi connectivity index (χ4n) is 6.16. The lowest BCUT2D eigenvalue weighted by Gasteiger charge is -2.16. The maximum atomic E-state index is 9.68. The molecule has 0 unspecified atom stereocenters. The van der Waals surface area contributed by atoms with Crippen LogP contribution in [0.25, 0.3) is 83.9 Å². The van der Waals surface area contributed by atoms with E-state index in [0.29, 0.717) is 39.9 Å². The average molecular weight is 634 g/mol. The molecule has 7 aromatic carbocycles. The van der Waals surface area contributed by atoms with Gasteiger partial charge in [-0.25, -0.2) is 15.0 Å². The molecule has 230 valence electrons. The highest BCUT2D eigenvalue weighted by atomic mass is 15.0.